The number of carbonyl (C=O) groups is 1. The third-order valence-electron chi connectivity index (χ3n) is 2.77. The van der Waals surface area contributed by atoms with Crippen molar-refractivity contribution in [2.75, 3.05) is 13.6 Å². The van der Waals surface area contributed by atoms with Crippen molar-refractivity contribution >= 4 is 28.7 Å². The number of thiophene rings is 1. The highest BCUT2D eigenvalue weighted by atomic mass is 35.5. The number of aryl methyl sites for hydroxylation is 1. The first-order valence-electron chi connectivity index (χ1n) is 6.07. The highest BCUT2D eigenvalue weighted by Crippen LogP contribution is 2.17. The van der Waals surface area contributed by atoms with Crippen LogP contribution in [-0.4, -0.2) is 24.3 Å². The van der Waals surface area contributed by atoms with Crippen LogP contribution in [0.25, 0.3) is 0 Å². The van der Waals surface area contributed by atoms with E-state index in [2.05, 4.69) is 0 Å². The van der Waals surface area contributed by atoms with Gasteiger partial charge in [0.1, 0.15) is 0 Å². The van der Waals surface area contributed by atoms with E-state index >= 15 is 0 Å². The minimum atomic E-state index is 0.169. The maximum absolute atomic E-state index is 12.1. The Labute approximate surface area is 122 Å². The van der Waals surface area contributed by atoms with Gasteiger partial charge in [0.05, 0.1) is 11.4 Å². The van der Waals surface area contributed by atoms with E-state index in [0.29, 0.717) is 6.54 Å². The number of halogens is 1. The Kier molecular flexibility index (Phi) is 4.75. The SMILES string of the molecule is Cc1ccc(C(=O)CN(C)Cc2cccc(Cl)c2)s1. The molecular formula is C15H16ClNOS. The monoisotopic (exact) mass is 293 g/mol. The molecule has 0 N–H and O–H groups in total. The highest BCUT2D eigenvalue weighted by molar-refractivity contribution is 7.14. The van der Waals surface area contributed by atoms with Gasteiger partial charge in [-0.05, 0) is 43.8 Å². The van der Waals surface area contributed by atoms with Gasteiger partial charge in [-0.3, -0.25) is 9.69 Å². The fourth-order valence-electron chi connectivity index (χ4n) is 1.91. The molecule has 1 heterocycles. The van der Waals surface area contributed by atoms with E-state index in [1.807, 2.05) is 55.3 Å². The summed E-state index contributed by atoms with van der Waals surface area (Å²) in [5, 5.41) is 0.728. The number of nitrogens with zero attached hydrogens (tertiary/aromatic N) is 1. The molecule has 0 aliphatic rings. The molecule has 0 radical (unpaired) electrons. The summed E-state index contributed by atoms with van der Waals surface area (Å²) in [4.78, 5) is 16.1. The number of ketones is 1. The lowest BCUT2D eigenvalue weighted by Crippen LogP contribution is -2.25. The van der Waals surface area contributed by atoms with E-state index in [4.69, 9.17) is 11.6 Å². The third kappa shape index (κ3) is 4.16. The summed E-state index contributed by atoms with van der Waals surface area (Å²) in [5.74, 6) is 0.169. The molecule has 2 nitrogen and oxygen atoms in total. The number of carbonyl (C=O) groups excluding carboxylic acids is 1. The zero-order valence-corrected chi connectivity index (χ0v) is 12.6. The molecule has 2 rings (SSSR count). The summed E-state index contributed by atoms with van der Waals surface area (Å²) in [5.41, 5.74) is 1.12. The first-order valence-corrected chi connectivity index (χ1v) is 7.26. The van der Waals surface area contributed by atoms with Crippen LogP contribution >= 0.6 is 22.9 Å². The lowest BCUT2D eigenvalue weighted by molar-refractivity contribution is 0.0947. The van der Waals surface area contributed by atoms with Crippen LogP contribution in [0.15, 0.2) is 36.4 Å². The molecule has 0 saturated carbocycles. The topological polar surface area (TPSA) is 20.3 Å². The molecule has 4 heteroatoms. The molecule has 0 aliphatic heterocycles. The van der Waals surface area contributed by atoms with Crippen LogP contribution in [0.5, 0.6) is 0 Å². The second-order valence-electron chi connectivity index (χ2n) is 4.64. The van der Waals surface area contributed by atoms with E-state index < -0.39 is 0 Å². The minimum absolute atomic E-state index is 0.169. The Morgan fingerprint density at radius 2 is 2.11 bits per heavy atom. The Hall–Kier alpha value is -1.16. The maximum atomic E-state index is 12.1. The zero-order valence-electron chi connectivity index (χ0n) is 11.0. The molecule has 0 unspecified atom stereocenters. The summed E-state index contributed by atoms with van der Waals surface area (Å²) < 4.78 is 0. The number of likely N-dealkylation sites (N-methyl/N-ethyl adjacent to an activating group) is 1. The van der Waals surface area contributed by atoms with Crippen molar-refractivity contribution < 1.29 is 4.79 Å². The first-order chi connectivity index (χ1) is 9.04. The van der Waals surface area contributed by atoms with Gasteiger partial charge in [0.2, 0.25) is 0 Å². The van der Waals surface area contributed by atoms with Gasteiger partial charge in [-0.15, -0.1) is 11.3 Å². The molecule has 0 spiro atoms. The lowest BCUT2D eigenvalue weighted by Gasteiger charge is -2.15. The van der Waals surface area contributed by atoms with Crippen LogP contribution < -0.4 is 0 Å². The third-order valence-corrected chi connectivity index (χ3v) is 4.05. The number of hydrogen-bond donors (Lipinski definition) is 0. The standard InChI is InChI=1S/C15H16ClNOS/c1-11-6-7-15(19-11)14(18)10-17(2)9-12-4-3-5-13(16)8-12/h3-8H,9-10H2,1-2H3. The van der Waals surface area contributed by atoms with E-state index in [0.717, 1.165) is 22.0 Å². The summed E-state index contributed by atoms with van der Waals surface area (Å²) in [6, 6.07) is 11.6. The van der Waals surface area contributed by atoms with E-state index in [-0.39, 0.29) is 5.78 Å². The average molecular weight is 294 g/mol. The van der Waals surface area contributed by atoms with E-state index in [9.17, 15) is 4.79 Å². The molecule has 2 aromatic rings. The zero-order chi connectivity index (χ0) is 13.8. The van der Waals surface area contributed by atoms with Gasteiger partial charge in [-0.25, -0.2) is 0 Å². The number of hydrogen-bond acceptors (Lipinski definition) is 3. The van der Waals surface area contributed by atoms with Gasteiger partial charge in [0.25, 0.3) is 0 Å². The minimum Gasteiger partial charge on any atom is -0.295 e. The fraction of sp³-hybridized carbons (Fsp3) is 0.267. The van der Waals surface area contributed by atoms with E-state index in [1.54, 1.807) is 11.3 Å². The fourth-order valence-corrected chi connectivity index (χ4v) is 2.92. The van der Waals surface area contributed by atoms with Crippen molar-refractivity contribution in [3.05, 3.63) is 56.7 Å². The van der Waals surface area contributed by atoms with Gasteiger partial charge in [-0.2, -0.15) is 0 Å². The van der Waals surface area contributed by atoms with Crippen LogP contribution in [0.1, 0.15) is 20.1 Å². The molecule has 19 heavy (non-hydrogen) atoms. The van der Waals surface area contributed by atoms with Crippen LogP contribution in [0.4, 0.5) is 0 Å². The summed E-state index contributed by atoms with van der Waals surface area (Å²) in [6.45, 7) is 3.15. The predicted octanol–water partition coefficient (Wildman–Crippen LogP) is 4.02. The van der Waals surface area contributed by atoms with Crippen LogP contribution in [-0.2, 0) is 6.54 Å². The van der Waals surface area contributed by atoms with Crippen molar-refractivity contribution in [2.24, 2.45) is 0 Å². The lowest BCUT2D eigenvalue weighted by atomic mass is 10.2. The van der Waals surface area contributed by atoms with Crippen molar-refractivity contribution in [2.45, 2.75) is 13.5 Å². The molecule has 0 aliphatic carbocycles. The summed E-state index contributed by atoms with van der Waals surface area (Å²) in [6.07, 6.45) is 0. The van der Waals surface area contributed by atoms with Crippen LogP contribution in [0.3, 0.4) is 0 Å². The van der Waals surface area contributed by atoms with Crippen LogP contribution in [0.2, 0.25) is 5.02 Å². The van der Waals surface area contributed by atoms with Gasteiger partial charge in [-0.1, -0.05) is 23.7 Å². The smallest absolute Gasteiger partial charge is 0.186 e. The average Bonchev–Trinajstić information content (AvgIpc) is 2.75. The molecule has 1 aromatic carbocycles. The molecule has 100 valence electrons. The van der Waals surface area contributed by atoms with Gasteiger partial charge in [0, 0.05) is 16.4 Å². The molecule has 0 atom stereocenters. The Bertz CT molecular complexity index is 579. The number of rotatable bonds is 5. The Morgan fingerprint density at radius 1 is 1.32 bits per heavy atom. The quantitative estimate of drug-likeness (QED) is 0.776. The predicted molar refractivity (Wildman–Crippen MR) is 81.2 cm³/mol. The second kappa shape index (κ2) is 6.33. The number of benzene rings is 1. The van der Waals surface area contributed by atoms with Gasteiger partial charge < -0.3 is 0 Å². The van der Waals surface area contributed by atoms with Crippen molar-refractivity contribution in [1.29, 1.82) is 0 Å². The normalized spacial score (nSPS) is 10.9. The number of Topliss-reactive ketones (excluding diaryl/α,β-unsaturated/α-hetero) is 1. The molecule has 0 fully saturated rings. The highest BCUT2D eigenvalue weighted by Gasteiger charge is 2.11. The Balaban J connectivity index is 1.94. The van der Waals surface area contributed by atoms with Crippen LogP contribution in [0, 0.1) is 6.92 Å². The first kappa shape index (κ1) is 14.3. The van der Waals surface area contributed by atoms with Gasteiger partial charge >= 0.3 is 0 Å². The second-order valence-corrected chi connectivity index (χ2v) is 6.36. The molecule has 0 bridgehead atoms. The largest absolute Gasteiger partial charge is 0.295 e. The maximum Gasteiger partial charge on any atom is 0.186 e. The Morgan fingerprint density at radius 3 is 2.74 bits per heavy atom. The van der Waals surface area contributed by atoms with Crippen molar-refractivity contribution in [3.63, 3.8) is 0 Å². The van der Waals surface area contributed by atoms with Gasteiger partial charge in [0.15, 0.2) is 5.78 Å². The summed E-state index contributed by atoms with van der Waals surface area (Å²) >= 11 is 7.50. The van der Waals surface area contributed by atoms with Crippen molar-refractivity contribution in [1.82, 2.24) is 4.90 Å². The summed E-state index contributed by atoms with van der Waals surface area (Å²) in [7, 11) is 1.94. The molecule has 0 saturated heterocycles. The molecule has 0 amide bonds. The van der Waals surface area contributed by atoms with Crippen molar-refractivity contribution in [3.8, 4) is 0 Å². The van der Waals surface area contributed by atoms with E-state index in [1.165, 1.54) is 4.88 Å². The molecule has 1 aromatic heterocycles. The molecular weight excluding hydrogens is 278 g/mol.